The molecule has 0 aliphatic heterocycles. The molecule has 2 unspecified atom stereocenters. The van der Waals surface area contributed by atoms with E-state index in [1.54, 1.807) is 14.0 Å². The first-order chi connectivity index (χ1) is 8.92. The molecule has 3 nitrogen and oxygen atoms in total. The van der Waals surface area contributed by atoms with Crippen LogP contribution in [0.25, 0.3) is 0 Å². The second-order valence-corrected chi connectivity index (χ2v) is 4.64. The normalized spacial score (nSPS) is 14.0. The van der Waals surface area contributed by atoms with Crippen LogP contribution < -0.4 is 5.73 Å². The minimum Gasteiger partial charge on any atom is -0.339 e. The Morgan fingerprint density at radius 3 is 2.47 bits per heavy atom. The maximum absolute atomic E-state index is 13.2. The molecule has 1 aromatic rings. The standard InChI is InChI=1S/C14H20F2N2O/c1-4-10(8-17)14(19)18(3)9(2)11-5-6-12(15)13(16)7-11/h5-7,9-10H,4,8,17H2,1-3H3. The fourth-order valence-electron chi connectivity index (χ4n) is 1.92. The van der Waals surface area contributed by atoms with E-state index in [1.165, 1.54) is 11.0 Å². The van der Waals surface area contributed by atoms with E-state index < -0.39 is 11.6 Å². The molecular formula is C14H20F2N2O. The SMILES string of the molecule is CCC(CN)C(=O)N(C)C(C)c1ccc(F)c(F)c1. The highest BCUT2D eigenvalue weighted by Crippen LogP contribution is 2.22. The lowest BCUT2D eigenvalue weighted by Gasteiger charge is -2.28. The van der Waals surface area contributed by atoms with E-state index in [-0.39, 0.29) is 24.4 Å². The summed E-state index contributed by atoms with van der Waals surface area (Å²) in [6.07, 6.45) is 0.657. The largest absolute Gasteiger partial charge is 0.339 e. The van der Waals surface area contributed by atoms with Crippen molar-refractivity contribution in [2.75, 3.05) is 13.6 Å². The highest BCUT2D eigenvalue weighted by molar-refractivity contribution is 5.79. The van der Waals surface area contributed by atoms with E-state index in [0.717, 1.165) is 12.1 Å². The van der Waals surface area contributed by atoms with Crippen LogP contribution in [0.1, 0.15) is 31.9 Å². The van der Waals surface area contributed by atoms with Gasteiger partial charge >= 0.3 is 0 Å². The fraction of sp³-hybridized carbons (Fsp3) is 0.500. The Kier molecular flexibility index (Phi) is 5.42. The number of carbonyl (C=O) groups excluding carboxylic acids is 1. The van der Waals surface area contributed by atoms with Gasteiger partial charge in [-0.3, -0.25) is 4.79 Å². The molecule has 1 amide bonds. The van der Waals surface area contributed by atoms with Gasteiger partial charge in [-0.2, -0.15) is 0 Å². The summed E-state index contributed by atoms with van der Waals surface area (Å²) in [5.41, 5.74) is 6.10. The highest BCUT2D eigenvalue weighted by atomic mass is 19.2. The van der Waals surface area contributed by atoms with Crippen LogP contribution in [0.5, 0.6) is 0 Å². The molecule has 0 saturated carbocycles. The van der Waals surface area contributed by atoms with Crippen molar-refractivity contribution < 1.29 is 13.6 Å². The topological polar surface area (TPSA) is 46.3 Å². The van der Waals surface area contributed by atoms with Crippen LogP contribution in [0.3, 0.4) is 0 Å². The highest BCUT2D eigenvalue weighted by Gasteiger charge is 2.23. The van der Waals surface area contributed by atoms with Crippen LogP contribution in [0.4, 0.5) is 8.78 Å². The van der Waals surface area contributed by atoms with Gasteiger partial charge in [0, 0.05) is 13.6 Å². The number of hydrogen-bond acceptors (Lipinski definition) is 2. The van der Waals surface area contributed by atoms with E-state index in [2.05, 4.69) is 0 Å². The number of benzene rings is 1. The Balaban J connectivity index is 2.89. The zero-order valence-electron chi connectivity index (χ0n) is 11.5. The molecule has 0 aromatic heterocycles. The molecule has 0 saturated heterocycles. The summed E-state index contributed by atoms with van der Waals surface area (Å²) in [7, 11) is 1.65. The molecule has 0 aliphatic carbocycles. The number of carbonyl (C=O) groups is 1. The van der Waals surface area contributed by atoms with Gasteiger partial charge in [0.1, 0.15) is 0 Å². The summed E-state index contributed by atoms with van der Waals surface area (Å²) in [5, 5.41) is 0. The lowest BCUT2D eigenvalue weighted by atomic mass is 10.0. The van der Waals surface area contributed by atoms with Crippen molar-refractivity contribution in [3.8, 4) is 0 Å². The third-order valence-corrected chi connectivity index (χ3v) is 3.48. The van der Waals surface area contributed by atoms with Crippen LogP contribution in [0.2, 0.25) is 0 Å². The monoisotopic (exact) mass is 270 g/mol. The van der Waals surface area contributed by atoms with Crippen LogP contribution in [-0.4, -0.2) is 24.4 Å². The summed E-state index contributed by atoms with van der Waals surface area (Å²) in [6.45, 7) is 3.95. The molecule has 1 rings (SSSR count). The van der Waals surface area contributed by atoms with E-state index in [4.69, 9.17) is 5.73 Å². The lowest BCUT2D eigenvalue weighted by Crippen LogP contribution is -2.37. The molecule has 19 heavy (non-hydrogen) atoms. The van der Waals surface area contributed by atoms with Crippen molar-refractivity contribution in [1.82, 2.24) is 4.90 Å². The molecule has 1 aromatic carbocycles. The first-order valence-corrected chi connectivity index (χ1v) is 6.34. The first-order valence-electron chi connectivity index (χ1n) is 6.34. The van der Waals surface area contributed by atoms with Crippen molar-refractivity contribution in [3.63, 3.8) is 0 Å². The summed E-state index contributed by atoms with van der Waals surface area (Å²) in [6, 6.07) is 3.34. The van der Waals surface area contributed by atoms with Gasteiger partial charge in [-0.1, -0.05) is 13.0 Å². The van der Waals surface area contributed by atoms with E-state index >= 15 is 0 Å². The van der Waals surface area contributed by atoms with Gasteiger partial charge < -0.3 is 10.6 Å². The minimum atomic E-state index is -0.906. The van der Waals surface area contributed by atoms with E-state index in [0.29, 0.717) is 12.0 Å². The Bertz CT molecular complexity index is 447. The molecular weight excluding hydrogens is 250 g/mol. The lowest BCUT2D eigenvalue weighted by molar-refractivity contribution is -0.135. The van der Waals surface area contributed by atoms with E-state index in [9.17, 15) is 13.6 Å². The number of nitrogens with zero attached hydrogens (tertiary/aromatic N) is 1. The molecule has 2 atom stereocenters. The molecule has 0 spiro atoms. The van der Waals surface area contributed by atoms with Crippen LogP contribution in [0.15, 0.2) is 18.2 Å². The van der Waals surface area contributed by atoms with Crippen molar-refractivity contribution >= 4 is 5.91 Å². The first kappa shape index (κ1) is 15.6. The Hall–Kier alpha value is -1.49. The zero-order chi connectivity index (χ0) is 14.6. The number of rotatable bonds is 5. The smallest absolute Gasteiger partial charge is 0.227 e. The summed E-state index contributed by atoms with van der Waals surface area (Å²) >= 11 is 0. The fourth-order valence-corrected chi connectivity index (χ4v) is 1.92. The van der Waals surface area contributed by atoms with Gasteiger partial charge in [0.05, 0.1) is 12.0 Å². The average Bonchev–Trinajstić information content (AvgIpc) is 2.41. The van der Waals surface area contributed by atoms with Crippen LogP contribution in [-0.2, 0) is 4.79 Å². The Morgan fingerprint density at radius 2 is 2.00 bits per heavy atom. The van der Waals surface area contributed by atoms with E-state index in [1.807, 2.05) is 6.92 Å². The third-order valence-electron chi connectivity index (χ3n) is 3.48. The average molecular weight is 270 g/mol. The molecule has 0 fully saturated rings. The molecule has 2 N–H and O–H groups in total. The maximum atomic E-state index is 13.2. The van der Waals surface area contributed by atoms with Crippen molar-refractivity contribution in [1.29, 1.82) is 0 Å². The van der Waals surface area contributed by atoms with Gasteiger partial charge in [0.25, 0.3) is 0 Å². The van der Waals surface area contributed by atoms with Crippen LogP contribution >= 0.6 is 0 Å². The minimum absolute atomic E-state index is 0.0813. The van der Waals surface area contributed by atoms with Crippen molar-refractivity contribution in [2.24, 2.45) is 11.7 Å². The van der Waals surface area contributed by atoms with Gasteiger partial charge in [-0.05, 0) is 31.0 Å². The maximum Gasteiger partial charge on any atom is 0.227 e. The molecule has 0 aliphatic rings. The predicted octanol–water partition coefficient (Wildman–Crippen LogP) is 2.47. The molecule has 106 valence electrons. The second kappa shape index (κ2) is 6.61. The Labute approximate surface area is 112 Å². The summed E-state index contributed by atoms with van der Waals surface area (Å²) < 4.78 is 26.1. The second-order valence-electron chi connectivity index (χ2n) is 4.64. The van der Waals surface area contributed by atoms with Gasteiger partial charge in [0.15, 0.2) is 11.6 Å². The number of nitrogens with two attached hydrogens (primary N) is 1. The van der Waals surface area contributed by atoms with Gasteiger partial charge in [-0.15, -0.1) is 0 Å². The number of hydrogen-bond donors (Lipinski definition) is 1. The van der Waals surface area contributed by atoms with Crippen molar-refractivity contribution in [3.05, 3.63) is 35.4 Å². The van der Waals surface area contributed by atoms with Crippen molar-refractivity contribution in [2.45, 2.75) is 26.3 Å². The van der Waals surface area contributed by atoms with Crippen LogP contribution in [0, 0.1) is 17.6 Å². The van der Waals surface area contributed by atoms with Gasteiger partial charge in [-0.25, -0.2) is 8.78 Å². The zero-order valence-corrected chi connectivity index (χ0v) is 11.5. The predicted molar refractivity (Wildman–Crippen MR) is 70.4 cm³/mol. The number of halogens is 2. The molecule has 0 heterocycles. The quantitative estimate of drug-likeness (QED) is 0.893. The summed E-state index contributed by atoms with van der Waals surface area (Å²) in [5.74, 6) is -2.12. The molecule has 0 radical (unpaired) electrons. The molecule has 0 bridgehead atoms. The summed E-state index contributed by atoms with van der Waals surface area (Å²) in [4.78, 5) is 13.7. The number of amides is 1. The third kappa shape index (κ3) is 3.50. The molecule has 5 heteroatoms. The Morgan fingerprint density at radius 1 is 1.37 bits per heavy atom. The van der Waals surface area contributed by atoms with Gasteiger partial charge in [0.2, 0.25) is 5.91 Å².